The van der Waals surface area contributed by atoms with E-state index >= 15 is 0 Å². The third kappa shape index (κ3) is 3.29. The molecule has 0 aromatic heterocycles. The predicted octanol–water partition coefficient (Wildman–Crippen LogP) is 0.306. The minimum atomic E-state index is -0.972. The van der Waals surface area contributed by atoms with Gasteiger partial charge in [-0.25, -0.2) is 4.79 Å². The van der Waals surface area contributed by atoms with E-state index in [9.17, 15) is 4.79 Å². The Kier molecular flexibility index (Phi) is 2.65. The van der Waals surface area contributed by atoms with Crippen LogP contribution in [0.4, 0.5) is 4.79 Å². The number of hydrogen-bond acceptors (Lipinski definition) is 1. The summed E-state index contributed by atoms with van der Waals surface area (Å²) in [6, 6.07) is 0. The molecule has 0 saturated carbocycles. The van der Waals surface area contributed by atoms with E-state index in [0.717, 1.165) is 0 Å². The second kappa shape index (κ2) is 2.88. The van der Waals surface area contributed by atoms with Gasteiger partial charge in [0.15, 0.2) is 6.17 Å². The lowest BCUT2D eigenvalue weighted by molar-refractivity contribution is -0.896. The molecule has 4 heteroatoms. The highest BCUT2D eigenvalue weighted by molar-refractivity contribution is 5.64. The van der Waals surface area contributed by atoms with E-state index in [4.69, 9.17) is 5.11 Å². The van der Waals surface area contributed by atoms with E-state index in [2.05, 4.69) is 5.32 Å². The molecule has 4 nitrogen and oxygen atoms in total. The van der Waals surface area contributed by atoms with Crippen molar-refractivity contribution in [2.75, 3.05) is 21.1 Å². The Morgan fingerprint density at radius 3 is 2.00 bits per heavy atom. The summed E-state index contributed by atoms with van der Waals surface area (Å²) in [5, 5.41) is 10.7. The SMILES string of the molecule is CC(NC(=O)O)[N+](C)(C)C. The number of nitrogens with zero attached hydrogens (tertiary/aromatic N) is 1. The average molecular weight is 147 g/mol. The Balaban J connectivity index is 3.85. The van der Waals surface area contributed by atoms with Crippen molar-refractivity contribution in [3.05, 3.63) is 0 Å². The molecule has 0 aliphatic heterocycles. The number of rotatable bonds is 2. The van der Waals surface area contributed by atoms with Crippen LogP contribution in [-0.2, 0) is 0 Å². The molecule has 0 spiro atoms. The molecule has 0 aliphatic carbocycles. The molecule has 60 valence electrons. The molecule has 0 radical (unpaired) electrons. The summed E-state index contributed by atoms with van der Waals surface area (Å²) < 4.78 is 0.590. The summed E-state index contributed by atoms with van der Waals surface area (Å²) in [5.74, 6) is 0. The first kappa shape index (κ1) is 9.23. The largest absolute Gasteiger partial charge is 0.465 e. The maximum absolute atomic E-state index is 10.1. The number of quaternary nitrogens is 1. The highest BCUT2D eigenvalue weighted by Gasteiger charge is 2.18. The highest BCUT2D eigenvalue weighted by atomic mass is 16.4. The van der Waals surface area contributed by atoms with E-state index in [1.807, 2.05) is 28.1 Å². The Morgan fingerprint density at radius 1 is 1.50 bits per heavy atom. The summed E-state index contributed by atoms with van der Waals surface area (Å²) in [6.45, 7) is 1.83. The Morgan fingerprint density at radius 2 is 1.90 bits per heavy atom. The normalized spacial score (nSPS) is 14.4. The van der Waals surface area contributed by atoms with Gasteiger partial charge in [-0.05, 0) is 0 Å². The zero-order valence-corrected chi connectivity index (χ0v) is 6.88. The second-order valence-electron chi connectivity index (χ2n) is 3.24. The second-order valence-corrected chi connectivity index (χ2v) is 3.24. The van der Waals surface area contributed by atoms with Crippen LogP contribution >= 0.6 is 0 Å². The van der Waals surface area contributed by atoms with Gasteiger partial charge in [0.25, 0.3) is 0 Å². The summed E-state index contributed by atoms with van der Waals surface area (Å²) in [4.78, 5) is 10.1. The van der Waals surface area contributed by atoms with E-state index in [1.54, 1.807) is 0 Å². The van der Waals surface area contributed by atoms with Crippen molar-refractivity contribution < 1.29 is 14.4 Å². The molecular weight excluding hydrogens is 132 g/mol. The maximum Gasteiger partial charge on any atom is 0.409 e. The molecule has 10 heavy (non-hydrogen) atoms. The van der Waals surface area contributed by atoms with E-state index in [1.165, 1.54) is 0 Å². The van der Waals surface area contributed by atoms with Gasteiger partial charge in [0.1, 0.15) is 0 Å². The van der Waals surface area contributed by atoms with E-state index in [0.29, 0.717) is 4.48 Å². The number of hydrogen-bond donors (Lipinski definition) is 2. The van der Waals surface area contributed by atoms with Crippen LogP contribution in [0.15, 0.2) is 0 Å². The van der Waals surface area contributed by atoms with Gasteiger partial charge in [0.05, 0.1) is 21.1 Å². The molecule has 1 unspecified atom stereocenters. The van der Waals surface area contributed by atoms with Crippen LogP contribution in [0.5, 0.6) is 0 Å². The fourth-order valence-corrected chi connectivity index (χ4v) is 0.372. The van der Waals surface area contributed by atoms with Gasteiger partial charge in [-0.3, -0.25) is 5.32 Å². The zero-order valence-electron chi connectivity index (χ0n) is 6.88. The first-order valence-electron chi connectivity index (χ1n) is 3.14. The Bertz CT molecular complexity index is 128. The molecule has 0 aliphatic rings. The van der Waals surface area contributed by atoms with Crippen LogP contribution in [0.2, 0.25) is 0 Å². The van der Waals surface area contributed by atoms with Crippen molar-refractivity contribution in [3.63, 3.8) is 0 Å². The van der Waals surface area contributed by atoms with Gasteiger partial charge in [-0.15, -0.1) is 0 Å². The van der Waals surface area contributed by atoms with Crippen LogP contribution < -0.4 is 5.32 Å². The monoisotopic (exact) mass is 147 g/mol. The van der Waals surface area contributed by atoms with Crippen molar-refractivity contribution in [2.45, 2.75) is 13.1 Å². The molecule has 1 amide bonds. The van der Waals surface area contributed by atoms with Crippen LogP contribution in [0.3, 0.4) is 0 Å². The lowest BCUT2D eigenvalue weighted by Crippen LogP contribution is -2.53. The number of amides is 1. The van der Waals surface area contributed by atoms with Gasteiger partial charge in [-0.1, -0.05) is 0 Å². The first-order chi connectivity index (χ1) is 4.34. The quantitative estimate of drug-likeness (QED) is 0.436. The molecule has 0 heterocycles. The van der Waals surface area contributed by atoms with Crippen molar-refractivity contribution >= 4 is 6.09 Å². The lowest BCUT2D eigenvalue weighted by Gasteiger charge is -2.30. The summed E-state index contributed by atoms with van der Waals surface area (Å²) in [6.07, 6.45) is -1.04. The topological polar surface area (TPSA) is 49.3 Å². The van der Waals surface area contributed by atoms with Crippen molar-refractivity contribution in [3.8, 4) is 0 Å². The lowest BCUT2D eigenvalue weighted by atomic mass is 10.4. The van der Waals surface area contributed by atoms with Gasteiger partial charge in [0, 0.05) is 6.92 Å². The predicted molar refractivity (Wildman–Crippen MR) is 38.7 cm³/mol. The average Bonchev–Trinajstić information content (AvgIpc) is 1.60. The smallest absolute Gasteiger partial charge is 0.409 e. The minimum absolute atomic E-state index is 0.0718. The van der Waals surface area contributed by atoms with E-state index < -0.39 is 6.09 Å². The van der Waals surface area contributed by atoms with E-state index in [-0.39, 0.29) is 6.17 Å². The van der Waals surface area contributed by atoms with Crippen molar-refractivity contribution in [2.24, 2.45) is 0 Å². The number of carbonyl (C=O) groups is 1. The fourth-order valence-electron chi connectivity index (χ4n) is 0.372. The molecule has 0 aromatic carbocycles. The van der Waals surface area contributed by atoms with Crippen LogP contribution in [0, 0.1) is 0 Å². The van der Waals surface area contributed by atoms with Crippen molar-refractivity contribution in [1.29, 1.82) is 0 Å². The molecule has 0 aromatic rings. The minimum Gasteiger partial charge on any atom is -0.465 e. The van der Waals surface area contributed by atoms with Gasteiger partial charge < -0.3 is 9.59 Å². The summed E-state index contributed by atoms with van der Waals surface area (Å²) >= 11 is 0. The van der Waals surface area contributed by atoms with Crippen LogP contribution in [-0.4, -0.2) is 43.0 Å². The van der Waals surface area contributed by atoms with Gasteiger partial charge in [0.2, 0.25) is 0 Å². The van der Waals surface area contributed by atoms with Gasteiger partial charge in [-0.2, -0.15) is 0 Å². The molecule has 0 bridgehead atoms. The van der Waals surface area contributed by atoms with Crippen LogP contribution in [0.25, 0.3) is 0 Å². The zero-order chi connectivity index (χ0) is 8.36. The van der Waals surface area contributed by atoms with Gasteiger partial charge >= 0.3 is 6.09 Å². The third-order valence-electron chi connectivity index (χ3n) is 1.49. The molecule has 1 atom stereocenters. The van der Waals surface area contributed by atoms with Crippen molar-refractivity contribution in [1.82, 2.24) is 5.32 Å². The maximum atomic E-state index is 10.1. The molecule has 0 fully saturated rings. The number of nitrogens with one attached hydrogen (secondary N) is 1. The standard InChI is InChI=1S/C6H14N2O2/c1-5(7-6(9)10)8(2,3)4/h5,7H,1-4H3/p+1. The highest BCUT2D eigenvalue weighted by Crippen LogP contribution is 1.96. The molecule has 0 saturated heterocycles. The number of carboxylic acid groups (broad SMARTS) is 1. The molecule has 0 rings (SSSR count). The van der Waals surface area contributed by atoms with Crippen LogP contribution in [0.1, 0.15) is 6.92 Å². The Labute approximate surface area is 61.0 Å². The first-order valence-corrected chi connectivity index (χ1v) is 3.14. The molecule has 2 N–H and O–H groups in total. The third-order valence-corrected chi connectivity index (χ3v) is 1.49. The summed E-state index contributed by atoms with van der Waals surface area (Å²) in [7, 11) is 5.79. The Hall–Kier alpha value is -0.770. The fraction of sp³-hybridized carbons (Fsp3) is 0.833. The summed E-state index contributed by atoms with van der Waals surface area (Å²) in [5.41, 5.74) is 0. The molecular formula is C6H15N2O2+.